The molecule has 1 N–H and O–H groups in total. The van der Waals surface area contributed by atoms with Gasteiger partial charge in [-0.05, 0) is 42.8 Å². The molecule has 30 heavy (non-hydrogen) atoms. The number of halogens is 1. The van der Waals surface area contributed by atoms with Crippen LogP contribution >= 0.6 is 11.6 Å². The van der Waals surface area contributed by atoms with Crippen LogP contribution in [0.25, 0.3) is 0 Å². The third-order valence-electron chi connectivity index (χ3n) is 4.15. The number of anilines is 1. The lowest BCUT2D eigenvalue weighted by Gasteiger charge is -2.24. The Morgan fingerprint density at radius 1 is 1.17 bits per heavy atom. The van der Waals surface area contributed by atoms with Crippen LogP contribution in [-0.2, 0) is 14.8 Å². The van der Waals surface area contributed by atoms with Gasteiger partial charge < -0.3 is 0 Å². The minimum Gasteiger partial charge on any atom is -0.271 e. The van der Waals surface area contributed by atoms with Crippen LogP contribution < -0.4 is 9.73 Å². The van der Waals surface area contributed by atoms with Crippen molar-refractivity contribution in [3.05, 3.63) is 89.2 Å². The molecule has 2 aromatic carbocycles. The monoisotopic (exact) mass is 442 g/mol. The summed E-state index contributed by atoms with van der Waals surface area (Å²) in [5.74, 6) is -0.605. The molecule has 0 atom stereocenters. The topological polar surface area (TPSA) is 91.7 Å². The molecule has 0 saturated carbocycles. The summed E-state index contributed by atoms with van der Waals surface area (Å²) in [5, 5.41) is 4.26. The lowest BCUT2D eigenvalue weighted by Crippen LogP contribution is -2.39. The summed E-state index contributed by atoms with van der Waals surface area (Å²) >= 11 is 6.19. The summed E-state index contributed by atoms with van der Waals surface area (Å²) in [6, 6.07) is 16.2. The Balaban J connectivity index is 1.87. The molecule has 0 aliphatic heterocycles. The standard InChI is InChI=1S/C21H19ClN4O3S/c1-16-9-10-18(12-20(16)22)26(30(28,29)19-7-3-2-4-8-19)15-21(27)25-24-14-17-6-5-11-23-13-17/h2-14H,15H2,1H3,(H,25,27)/b24-14-. The molecule has 0 aliphatic rings. The molecule has 1 heterocycles. The van der Waals surface area contributed by atoms with E-state index in [1.807, 2.05) is 6.92 Å². The van der Waals surface area contributed by atoms with E-state index in [0.29, 0.717) is 10.6 Å². The van der Waals surface area contributed by atoms with Crippen molar-refractivity contribution in [2.24, 2.45) is 5.10 Å². The fourth-order valence-electron chi connectivity index (χ4n) is 2.57. The van der Waals surface area contributed by atoms with Gasteiger partial charge in [-0.15, -0.1) is 0 Å². The van der Waals surface area contributed by atoms with E-state index in [9.17, 15) is 13.2 Å². The first-order chi connectivity index (χ1) is 14.4. The van der Waals surface area contributed by atoms with Crippen molar-refractivity contribution < 1.29 is 13.2 Å². The van der Waals surface area contributed by atoms with Crippen molar-refractivity contribution >= 4 is 39.4 Å². The smallest absolute Gasteiger partial charge is 0.264 e. The number of carbonyl (C=O) groups is 1. The quantitative estimate of drug-likeness (QED) is 0.448. The lowest BCUT2D eigenvalue weighted by atomic mass is 10.2. The van der Waals surface area contributed by atoms with Gasteiger partial charge in [0.05, 0.1) is 16.8 Å². The van der Waals surface area contributed by atoms with E-state index in [2.05, 4.69) is 15.5 Å². The van der Waals surface area contributed by atoms with Crippen LogP contribution in [0, 0.1) is 6.92 Å². The molecule has 3 aromatic rings. The highest BCUT2D eigenvalue weighted by atomic mass is 35.5. The number of hydrazone groups is 1. The highest BCUT2D eigenvalue weighted by Gasteiger charge is 2.27. The molecule has 0 spiro atoms. The minimum atomic E-state index is -4.00. The maximum Gasteiger partial charge on any atom is 0.264 e. The van der Waals surface area contributed by atoms with Gasteiger partial charge in [-0.25, -0.2) is 13.8 Å². The van der Waals surface area contributed by atoms with Crippen molar-refractivity contribution in [3.8, 4) is 0 Å². The number of amides is 1. The van der Waals surface area contributed by atoms with Crippen LogP contribution in [-0.4, -0.2) is 32.1 Å². The van der Waals surface area contributed by atoms with Crippen LogP contribution in [0.4, 0.5) is 5.69 Å². The summed E-state index contributed by atoms with van der Waals surface area (Å²) in [7, 11) is -4.00. The second kappa shape index (κ2) is 9.51. The zero-order chi connectivity index (χ0) is 21.6. The van der Waals surface area contributed by atoms with Gasteiger partial charge in [0.2, 0.25) is 0 Å². The molecular formula is C21H19ClN4O3S. The van der Waals surface area contributed by atoms with Crippen LogP contribution in [0.1, 0.15) is 11.1 Å². The second-order valence-electron chi connectivity index (χ2n) is 6.34. The van der Waals surface area contributed by atoms with Gasteiger partial charge in [0.25, 0.3) is 15.9 Å². The van der Waals surface area contributed by atoms with Gasteiger partial charge in [-0.2, -0.15) is 5.10 Å². The van der Waals surface area contributed by atoms with E-state index in [-0.39, 0.29) is 10.6 Å². The Labute approximate surface area is 180 Å². The van der Waals surface area contributed by atoms with E-state index in [1.54, 1.807) is 54.9 Å². The normalized spacial score (nSPS) is 11.4. The van der Waals surface area contributed by atoms with Gasteiger partial charge in [0.1, 0.15) is 6.54 Å². The van der Waals surface area contributed by atoms with E-state index >= 15 is 0 Å². The fraction of sp³-hybridized carbons (Fsp3) is 0.0952. The predicted octanol–water partition coefficient (Wildman–Crippen LogP) is 3.39. The number of nitrogens with zero attached hydrogens (tertiary/aromatic N) is 3. The molecule has 0 saturated heterocycles. The number of rotatable bonds is 7. The minimum absolute atomic E-state index is 0.0633. The van der Waals surface area contributed by atoms with Gasteiger partial charge in [0, 0.05) is 23.0 Å². The zero-order valence-electron chi connectivity index (χ0n) is 16.1. The number of benzene rings is 2. The summed E-state index contributed by atoms with van der Waals surface area (Å²) in [6.07, 6.45) is 4.62. The molecule has 0 aliphatic carbocycles. The maximum atomic E-state index is 13.2. The van der Waals surface area contributed by atoms with Gasteiger partial charge >= 0.3 is 0 Å². The number of pyridine rings is 1. The van der Waals surface area contributed by atoms with Crippen molar-refractivity contribution in [3.63, 3.8) is 0 Å². The average Bonchev–Trinajstić information content (AvgIpc) is 2.75. The fourth-order valence-corrected chi connectivity index (χ4v) is 4.18. The molecule has 0 fully saturated rings. The van der Waals surface area contributed by atoms with Gasteiger partial charge in [-0.3, -0.25) is 14.1 Å². The van der Waals surface area contributed by atoms with Crippen LogP contribution in [0.2, 0.25) is 5.02 Å². The molecule has 3 rings (SSSR count). The number of hydrogen-bond donors (Lipinski definition) is 1. The third-order valence-corrected chi connectivity index (χ3v) is 6.34. The lowest BCUT2D eigenvalue weighted by molar-refractivity contribution is -0.119. The molecular weight excluding hydrogens is 424 g/mol. The molecule has 9 heteroatoms. The largest absolute Gasteiger partial charge is 0.271 e. The molecule has 1 aromatic heterocycles. The second-order valence-corrected chi connectivity index (χ2v) is 8.61. The number of sulfonamides is 1. The molecule has 0 bridgehead atoms. The maximum absolute atomic E-state index is 13.2. The van der Waals surface area contributed by atoms with E-state index in [0.717, 1.165) is 9.87 Å². The highest BCUT2D eigenvalue weighted by Crippen LogP contribution is 2.27. The van der Waals surface area contributed by atoms with Gasteiger partial charge in [0.15, 0.2) is 0 Å². The van der Waals surface area contributed by atoms with Crippen LogP contribution in [0.5, 0.6) is 0 Å². The Morgan fingerprint density at radius 3 is 2.60 bits per heavy atom. The molecule has 0 unspecified atom stereocenters. The van der Waals surface area contributed by atoms with Crippen LogP contribution in [0.15, 0.2) is 83.1 Å². The van der Waals surface area contributed by atoms with Gasteiger partial charge in [-0.1, -0.05) is 41.9 Å². The summed E-state index contributed by atoms with van der Waals surface area (Å²) in [6.45, 7) is 1.34. The number of nitrogens with one attached hydrogen (secondary N) is 1. The van der Waals surface area contributed by atoms with Crippen molar-refractivity contribution in [2.75, 3.05) is 10.8 Å². The Hall–Kier alpha value is -3.23. The first-order valence-corrected chi connectivity index (χ1v) is 10.8. The Morgan fingerprint density at radius 2 is 1.93 bits per heavy atom. The average molecular weight is 443 g/mol. The highest BCUT2D eigenvalue weighted by molar-refractivity contribution is 7.92. The van der Waals surface area contributed by atoms with E-state index in [4.69, 9.17) is 11.6 Å². The van der Waals surface area contributed by atoms with E-state index < -0.39 is 22.5 Å². The SMILES string of the molecule is Cc1ccc(N(CC(=O)N/N=C\c2cccnc2)S(=O)(=O)c2ccccc2)cc1Cl. The predicted molar refractivity (Wildman–Crippen MR) is 117 cm³/mol. The molecule has 154 valence electrons. The summed E-state index contributed by atoms with van der Waals surface area (Å²) in [4.78, 5) is 16.5. The zero-order valence-corrected chi connectivity index (χ0v) is 17.6. The number of carbonyl (C=O) groups excluding carboxylic acids is 1. The number of aryl methyl sites for hydroxylation is 1. The summed E-state index contributed by atoms with van der Waals surface area (Å²) < 4.78 is 27.4. The van der Waals surface area contributed by atoms with Crippen LogP contribution in [0.3, 0.4) is 0 Å². The molecule has 7 nitrogen and oxygen atoms in total. The summed E-state index contributed by atoms with van der Waals surface area (Å²) in [5.41, 5.74) is 4.11. The first-order valence-electron chi connectivity index (χ1n) is 8.94. The third kappa shape index (κ3) is 5.22. The Bertz CT molecular complexity index is 1150. The van der Waals surface area contributed by atoms with Crippen molar-refractivity contribution in [1.29, 1.82) is 0 Å². The van der Waals surface area contributed by atoms with Crippen molar-refractivity contribution in [2.45, 2.75) is 11.8 Å². The Kier molecular flexibility index (Phi) is 6.81. The number of aromatic nitrogens is 1. The molecule has 0 radical (unpaired) electrons. The number of hydrogen-bond acceptors (Lipinski definition) is 5. The van der Waals surface area contributed by atoms with E-state index in [1.165, 1.54) is 24.4 Å². The molecule has 1 amide bonds. The van der Waals surface area contributed by atoms with Crippen molar-refractivity contribution in [1.82, 2.24) is 10.4 Å². The first kappa shape index (κ1) is 21.5.